The number of piperidine rings is 1. The van der Waals surface area contributed by atoms with E-state index >= 15 is 0 Å². The predicted molar refractivity (Wildman–Crippen MR) is 125 cm³/mol. The zero-order valence-electron chi connectivity index (χ0n) is 17.8. The van der Waals surface area contributed by atoms with E-state index in [1.54, 1.807) is 53.8 Å². The van der Waals surface area contributed by atoms with Gasteiger partial charge in [0.2, 0.25) is 10.0 Å². The first kappa shape index (κ1) is 22.4. The third kappa shape index (κ3) is 5.35. The second-order valence-electron chi connectivity index (χ2n) is 7.62. The minimum Gasteiger partial charge on any atom is -0.487 e. The molecule has 9 heteroatoms. The molecule has 0 radical (unpaired) electrons. The van der Waals surface area contributed by atoms with E-state index < -0.39 is 10.0 Å². The molecule has 0 bridgehead atoms. The summed E-state index contributed by atoms with van der Waals surface area (Å²) >= 11 is 1.56. The van der Waals surface area contributed by atoms with Crippen molar-refractivity contribution in [2.24, 2.45) is 0 Å². The molecule has 0 unspecified atom stereocenters. The summed E-state index contributed by atoms with van der Waals surface area (Å²) in [5, 5.41) is 5.70. The lowest BCUT2D eigenvalue weighted by molar-refractivity contribution is 0.102. The highest BCUT2D eigenvalue weighted by molar-refractivity contribution is 7.89. The number of sulfonamides is 1. The number of amides is 1. The Bertz CT molecular complexity index is 1200. The molecule has 0 aliphatic carbocycles. The molecule has 168 valence electrons. The second-order valence-corrected chi connectivity index (χ2v) is 10.6. The van der Waals surface area contributed by atoms with Crippen molar-refractivity contribution in [1.29, 1.82) is 0 Å². The van der Waals surface area contributed by atoms with Crippen LogP contribution in [0.4, 0.5) is 5.69 Å². The Morgan fingerprint density at radius 3 is 2.66 bits per heavy atom. The number of anilines is 1. The van der Waals surface area contributed by atoms with Crippen LogP contribution in [0, 0.1) is 6.92 Å². The van der Waals surface area contributed by atoms with Crippen LogP contribution in [0.5, 0.6) is 5.75 Å². The Kier molecular flexibility index (Phi) is 6.88. The minimum atomic E-state index is -3.57. The molecule has 1 fully saturated rings. The summed E-state index contributed by atoms with van der Waals surface area (Å²) in [6.45, 7) is 3.33. The van der Waals surface area contributed by atoms with Crippen molar-refractivity contribution in [1.82, 2.24) is 9.29 Å². The van der Waals surface area contributed by atoms with E-state index in [0.29, 0.717) is 36.7 Å². The van der Waals surface area contributed by atoms with Crippen LogP contribution in [-0.4, -0.2) is 36.7 Å². The average Bonchev–Trinajstić information content (AvgIpc) is 3.24. The fourth-order valence-corrected chi connectivity index (χ4v) is 5.71. The van der Waals surface area contributed by atoms with E-state index in [0.717, 1.165) is 30.0 Å². The van der Waals surface area contributed by atoms with E-state index in [1.165, 1.54) is 10.4 Å². The van der Waals surface area contributed by atoms with Crippen LogP contribution in [-0.2, 0) is 16.6 Å². The van der Waals surface area contributed by atoms with Crippen molar-refractivity contribution in [2.45, 2.75) is 37.7 Å². The van der Waals surface area contributed by atoms with Gasteiger partial charge in [-0.3, -0.25) is 4.79 Å². The van der Waals surface area contributed by atoms with Gasteiger partial charge < -0.3 is 10.1 Å². The number of carbonyl (C=O) groups excluding carboxylic acids is 1. The fraction of sp³-hybridized carbons (Fsp3) is 0.304. The Morgan fingerprint density at radius 2 is 1.91 bits per heavy atom. The zero-order chi connectivity index (χ0) is 22.6. The molecule has 32 heavy (non-hydrogen) atoms. The summed E-state index contributed by atoms with van der Waals surface area (Å²) in [5.41, 5.74) is 1.69. The Morgan fingerprint density at radius 1 is 1.12 bits per heavy atom. The number of benzene rings is 2. The van der Waals surface area contributed by atoms with Crippen LogP contribution in [0.25, 0.3) is 0 Å². The molecule has 2 heterocycles. The smallest absolute Gasteiger partial charge is 0.255 e. The van der Waals surface area contributed by atoms with Crippen LogP contribution in [0.2, 0.25) is 0 Å². The monoisotopic (exact) mass is 471 g/mol. The molecule has 1 N–H and O–H groups in total. The SMILES string of the molecule is Cc1nc(COc2cccc(C(=O)Nc3cccc(S(=O)(=O)N4CCCCC4)c3)c2)cs1. The third-order valence-electron chi connectivity index (χ3n) is 5.19. The number of rotatable bonds is 7. The lowest BCUT2D eigenvalue weighted by Crippen LogP contribution is -2.35. The Hall–Kier alpha value is -2.75. The maximum Gasteiger partial charge on any atom is 0.255 e. The molecule has 7 nitrogen and oxygen atoms in total. The number of ether oxygens (including phenoxy) is 1. The summed E-state index contributed by atoms with van der Waals surface area (Å²) in [6, 6.07) is 13.3. The molecule has 0 spiro atoms. The summed E-state index contributed by atoms with van der Waals surface area (Å²) < 4.78 is 33.1. The van der Waals surface area contributed by atoms with Crippen molar-refractivity contribution >= 4 is 33.0 Å². The average molecular weight is 472 g/mol. The van der Waals surface area contributed by atoms with Gasteiger partial charge >= 0.3 is 0 Å². The van der Waals surface area contributed by atoms with Gasteiger partial charge in [0.25, 0.3) is 5.91 Å². The number of hydrogen-bond acceptors (Lipinski definition) is 6. The first-order valence-electron chi connectivity index (χ1n) is 10.5. The van der Waals surface area contributed by atoms with Crippen LogP contribution in [0.3, 0.4) is 0 Å². The molecule has 4 rings (SSSR count). The van der Waals surface area contributed by atoms with Gasteiger partial charge in [-0.15, -0.1) is 11.3 Å². The van der Waals surface area contributed by atoms with Gasteiger partial charge in [-0.1, -0.05) is 18.6 Å². The van der Waals surface area contributed by atoms with Gasteiger partial charge in [-0.2, -0.15) is 4.31 Å². The molecule has 0 saturated carbocycles. The standard InChI is InChI=1S/C23H25N3O4S2/c1-17-24-20(16-31-17)15-30-21-9-5-7-18(13-21)23(27)25-19-8-6-10-22(14-19)32(28,29)26-11-3-2-4-12-26/h5-10,13-14,16H,2-4,11-12,15H2,1H3,(H,25,27). The van der Waals surface area contributed by atoms with Crippen molar-refractivity contribution in [3.63, 3.8) is 0 Å². The summed E-state index contributed by atoms with van der Waals surface area (Å²) in [4.78, 5) is 17.3. The van der Waals surface area contributed by atoms with Gasteiger partial charge in [0.1, 0.15) is 12.4 Å². The summed E-state index contributed by atoms with van der Waals surface area (Å²) in [5.74, 6) is 0.220. The lowest BCUT2D eigenvalue weighted by Gasteiger charge is -2.26. The van der Waals surface area contributed by atoms with Crippen LogP contribution < -0.4 is 10.1 Å². The van der Waals surface area contributed by atoms with Crippen LogP contribution in [0.1, 0.15) is 40.3 Å². The van der Waals surface area contributed by atoms with E-state index in [2.05, 4.69) is 10.3 Å². The van der Waals surface area contributed by atoms with E-state index in [1.807, 2.05) is 12.3 Å². The minimum absolute atomic E-state index is 0.188. The van der Waals surface area contributed by atoms with Gasteiger partial charge in [-0.05, 0) is 56.2 Å². The maximum atomic E-state index is 12.9. The van der Waals surface area contributed by atoms with Crippen molar-refractivity contribution in [3.05, 3.63) is 70.2 Å². The number of nitrogens with one attached hydrogen (secondary N) is 1. The van der Waals surface area contributed by atoms with Gasteiger partial charge in [0.15, 0.2) is 0 Å². The predicted octanol–water partition coefficient (Wildman–Crippen LogP) is 4.46. The molecular formula is C23H25N3O4S2. The Balaban J connectivity index is 1.44. The van der Waals surface area contributed by atoms with Crippen LogP contribution >= 0.6 is 11.3 Å². The second kappa shape index (κ2) is 9.81. The first-order chi connectivity index (χ1) is 15.4. The molecular weight excluding hydrogens is 446 g/mol. The van der Waals surface area contributed by atoms with E-state index in [4.69, 9.17) is 4.74 Å². The number of thiazole rings is 1. The quantitative estimate of drug-likeness (QED) is 0.550. The largest absolute Gasteiger partial charge is 0.487 e. The van der Waals surface area contributed by atoms with Crippen LogP contribution in [0.15, 0.2) is 58.8 Å². The molecule has 1 aliphatic heterocycles. The van der Waals surface area contributed by atoms with Crippen molar-refractivity contribution in [2.75, 3.05) is 18.4 Å². The molecule has 1 saturated heterocycles. The highest BCUT2D eigenvalue weighted by Crippen LogP contribution is 2.24. The van der Waals surface area contributed by atoms with Crippen molar-refractivity contribution < 1.29 is 17.9 Å². The third-order valence-corrected chi connectivity index (χ3v) is 7.91. The van der Waals surface area contributed by atoms with E-state index in [9.17, 15) is 13.2 Å². The van der Waals surface area contributed by atoms with Gasteiger partial charge in [-0.25, -0.2) is 13.4 Å². The molecule has 2 aromatic carbocycles. The molecule has 1 amide bonds. The number of aryl methyl sites for hydroxylation is 1. The first-order valence-corrected chi connectivity index (χ1v) is 12.8. The molecule has 3 aromatic rings. The summed E-state index contributed by atoms with van der Waals surface area (Å²) in [6.07, 6.45) is 2.79. The highest BCUT2D eigenvalue weighted by atomic mass is 32.2. The topological polar surface area (TPSA) is 88.6 Å². The highest BCUT2D eigenvalue weighted by Gasteiger charge is 2.26. The lowest BCUT2D eigenvalue weighted by atomic mass is 10.2. The number of carbonyl (C=O) groups is 1. The van der Waals surface area contributed by atoms with E-state index in [-0.39, 0.29) is 10.8 Å². The van der Waals surface area contributed by atoms with Gasteiger partial charge in [0.05, 0.1) is 15.6 Å². The van der Waals surface area contributed by atoms with Gasteiger partial charge in [0, 0.05) is 29.7 Å². The molecule has 1 aliphatic rings. The molecule has 1 aromatic heterocycles. The fourth-order valence-electron chi connectivity index (χ4n) is 3.55. The molecule has 0 atom stereocenters. The number of aromatic nitrogens is 1. The maximum absolute atomic E-state index is 12.9. The Labute approximate surface area is 192 Å². The summed E-state index contributed by atoms with van der Waals surface area (Å²) in [7, 11) is -3.57. The number of hydrogen-bond donors (Lipinski definition) is 1. The zero-order valence-corrected chi connectivity index (χ0v) is 19.4. The van der Waals surface area contributed by atoms with Crippen molar-refractivity contribution in [3.8, 4) is 5.75 Å². The number of nitrogens with zero attached hydrogens (tertiary/aromatic N) is 2. The normalized spacial score (nSPS) is 14.8.